The first kappa shape index (κ1) is 11.5. The van der Waals surface area contributed by atoms with E-state index >= 15 is 0 Å². The molecule has 1 aliphatic heterocycles. The van der Waals surface area contributed by atoms with Crippen molar-refractivity contribution in [1.29, 1.82) is 0 Å². The van der Waals surface area contributed by atoms with Crippen LogP contribution in [-0.2, 0) is 4.74 Å². The van der Waals surface area contributed by atoms with E-state index < -0.39 is 0 Å². The van der Waals surface area contributed by atoms with Crippen LogP contribution in [0.25, 0.3) is 11.0 Å². The lowest BCUT2D eigenvalue weighted by Crippen LogP contribution is -2.44. The molecular formula is C14H19N3O. The normalized spacial score (nSPS) is 20.8. The summed E-state index contributed by atoms with van der Waals surface area (Å²) in [6.45, 7) is 7.11. The van der Waals surface area contributed by atoms with E-state index in [0.717, 1.165) is 30.7 Å². The molecule has 4 heteroatoms. The highest BCUT2D eigenvalue weighted by molar-refractivity contribution is 5.88. The van der Waals surface area contributed by atoms with Gasteiger partial charge in [-0.2, -0.15) is 0 Å². The predicted octanol–water partition coefficient (Wildman–Crippen LogP) is 2.42. The molecule has 1 aromatic carbocycles. The van der Waals surface area contributed by atoms with Crippen LogP contribution < -0.4 is 4.90 Å². The number of fused-ring (bicyclic) bond motifs is 1. The molecule has 0 spiro atoms. The van der Waals surface area contributed by atoms with Crippen molar-refractivity contribution < 1.29 is 4.74 Å². The maximum absolute atomic E-state index is 5.81. The molecule has 0 unspecified atom stereocenters. The molecule has 0 bridgehead atoms. The van der Waals surface area contributed by atoms with Gasteiger partial charge >= 0.3 is 0 Å². The Balaban J connectivity index is 1.92. The first-order valence-electron chi connectivity index (χ1n) is 6.54. The van der Waals surface area contributed by atoms with Crippen molar-refractivity contribution in [2.24, 2.45) is 5.92 Å². The number of benzene rings is 1. The zero-order valence-corrected chi connectivity index (χ0v) is 10.9. The molecule has 18 heavy (non-hydrogen) atoms. The van der Waals surface area contributed by atoms with Crippen molar-refractivity contribution >= 4 is 16.7 Å². The molecule has 1 N–H and O–H groups in total. The number of imidazole rings is 1. The third kappa shape index (κ3) is 1.97. The second-order valence-corrected chi connectivity index (χ2v) is 5.18. The van der Waals surface area contributed by atoms with E-state index in [9.17, 15) is 0 Å². The highest BCUT2D eigenvalue weighted by atomic mass is 16.5. The Labute approximate surface area is 107 Å². The smallest absolute Gasteiger partial charge is 0.112 e. The number of morpholine rings is 1. The van der Waals surface area contributed by atoms with Gasteiger partial charge in [-0.3, -0.25) is 0 Å². The second-order valence-electron chi connectivity index (χ2n) is 5.18. The number of anilines is 1. The number of aromatic amines is 1. The number of hydrogen-bond acceptors (Lipinski definition) is 3. The minimum Gasteiger partial charge on any atom is -0.374 e. The van der Waals surface area contributed by atoms with E-state index in [0.29, 0.717) is 12.0 Å². The molecule has 0 saturated carbocycles. The quantitative estimate of drug-likeness (QED) is 0.883. The van der Waals surface area contributed by atoms with Crippen molar-refractivity contribution in [3.05, 3.63) is 24.5 Å². The van der Waals surface area contributed by atoms with E-state index in [1.54, 1.807) is 6.33 Å². The van der Waals surface area contributed by atoms with Gasteiger partial charge in [-0.05, 0) is 18.1 Å². The SMILES string of the molecule is CC(C)[C@@H]1CN(c2cccc3[nH]cnc23)CCO1. The number of para-hydroxylation sites is 1. The van der Waals surface area contributed by atoms with Gasteiger partial charge in [-0.15, -0.1) is 0 Å². The molecular weight excluding hydrogens is 226 g/mol. The topological polar surface area (TPSA) is 41.2 Å². The van der Waals surface area contributed by atoms with Crippen LogP contribution in [0.2, 0.25) is 0 Å². The summed E-state index contributed by atoms with van der Waals surface area (Å²) < 4.78 is 5.81. The van der Waals surface area contributed by atoms with Crippen molar-refractivity contribution in [2.75, 3.05) is 24.6 Å². The van der Waals surface area contributed by atoms with E-state index in [2.05, 4.69) is 46.9 Å². The van der Waals surface area contributed by atoms with Gasteiger partial charge < -0.3 is 14.6 Å². The van der Waals surface area contributed by atoms with E-state index in [-0.39, 0.29) is 0 Å². The summed E-state index contributed by atoms with van der Waals surface area (Å²) in [5.74, 6) is 0.547. The van der Waals surface area contributed by atoms with Crippen LogP contribution in [0.1, 0.15) is 13.8 Å². The third-order valence-corrected chi connectivity index (χ3v) is 3.61. The van der Waals surface area contributed by atoms with Gasteiger partial charge in [-0.25, -0.2) is 4.98 Å². The molecule has 2 heterocycles. The standard InChI is InChI=1S/C14H19N3O/c1-10(2)13-8-17(6-7-18-13)12-5-3-4-11-14(12)16-9-15-11/h3-5,9-10,13H,6-8H2,1-2H3,(H,15,16)/t13-/m0/s1. The van der Waals surface area contributed by atoms with Crippen molar-refractivity contribution in [3.63, 3.8) is 0 Å². The number of nitrogens with one attached hydrogen (secondary N) is 1. The minimum absolute atomic E-state index is 0.313. The zero-order chi connectivity index (χ0) is 12.5. The van der Waals surface area contributed by atoms with Crippen LogP contribution in [-0.4, -0.2) is 35.8 Å². The Morgan fingerprint density at radius 2 is 2.33 bits per heavy atom. The van der Waals surface area contributed by atoms with Crippen LogP contribution in [0.5, 0.6) is 0 Å². The van der Waals surface area contributed by atoms with Gasteiger partial charge in [-0.1, -0.05) is 19.9 Å². The lowest BCUT2D eigenvalue weighted by atomic mass is 10.1. The monoisotopic (exact) mass is 245 g/mol. The maximum atomic E-state index is 5.81. The van der Waals surface area contributed by atoms with Gasteiger partial charge in [0.2, 0.25) is 0 Å². The fraction of sp³-hybridized carbons (Fsp3) is 0.500. The minimum atomic E-state index is 0.313. The molecule has 4 nitrogen and oxygen atoms in total. The third-order valence-electron chi connectivity index (χ3n) is 3.61. The number of aromatic nitrogens is 2. The van der Waals surface area contributed by atoms with Gasteiger partial charge in [0, 0.05) is 13.1 Å². The van der Waals surface area contributed by atoms with Crippen molar-refractivity contribution in [3.8, 4) is 0 Å². The number of hydrogen-bond donors (Lipinski definition) is 1. The first-order chi connectivity index (χ1) is 8.75. The van der Waals surface area contributed by atoms with Gasteiger partial charge in [0.1, 0.15) is 5.52 Å². The summed E-state index contributed by atoms with van der Waals surface area (Å²) in [6.07, 6.45) is 2.07. The molecule has 1 atom stereocenters. The Bertz CT molecular complexity index is 535. The molecule has 0 amide bonds. The molecule has 0 radical (unpaired) electrons. The molecule has 96 valence electrons. The van der Waals surface area contributed by atoms with Gasteiger partial charge in [0.05, 0.1) is 30.2 Å². The largest absolute Gasteiger partial charge is 0.374 e. The lowest BCUT2D eigenvalue weighted by Gasteiger charge is -2.36. The lowest BCUT2D eigenvalue weighted by molar-refractivity contribution is 0.0115. The van der Waals surface area contributed by atoms with Crippen LogP contribution in [0.15, 0.2) is 24.5 Å². The number of nitrogens with zero attached hydrogens (tertiary/aromatic N) is 2. The Morgan fingerprint density at radius 3 is 3.17 bits per heavy atom. The predicted molar refractivity (Wildman–Crippen MR) is 72.9 cm³/mol. The van der Waals surface area contributed by atoms with E-state index in [1.165, 1.54) is 5.69 Å². The highest BCUT2D eigenvalue weighted by Gasteiger charge is 2.24. The maximum Gasteiger partial charge on any atom is 0.112 e. The van der Waals surface area contributed by atoms with E-state index in [1.807, 2.05) is 0 Å². The summed E-state index contributed by atoms with van der Waals surface area (Å²) in [6, 6.07) is 6.29. The van der Waals surface area contributed by atoms with E-state index in [4.69, 9.17) is 4.74 Å². The molecule has 1 fully saturated rings. The number of rotatable bonds is 2. The molecule has 2 aromatic rings. The molecule has 1 aliphatic rings. The Morgan fingerprint density at radius 1 is 1.44 bits per heavy atom. The second kappa shape index (κ2) is 4.61. The summed E-state index contributed by atoms with van der Waals surface area (Å²) in [4.78, 5) is 9.98. The van der Waals surface area contributed by atoms with Crippen LogP contribution in [0, 0.1) is 5.92 Å². The van der Waals surface area contributed by atoms with Crippen molar-refractivity contribution in [2.45, 2.75) is 20.0 Å². The number of H-pyrrole nitrogens is 1. The Kier molecular flexibility index (Phi) is 2.96. The molecule has 1 aromatic heterocycles. The molecule has 0 aliphatic carbocycles. The zero-order valence-electron chi connectivity index (χ0n) is 10.9. The highest BCUT2D eigenvalue weighted by Crippen LogP contribution is 2.26. The van der Waals surface area contributed by atoms with Gasteiger partial charge in [0.15, 0.2) is 0 Å². The fourth-order valence-electron chi connectivity index (χ4n) is 2.50. The summed E-state index contributed by atoms with van der Waals surface area (Å²) in [5, 5.41) is 0. The summed E-state index contributed by atoms with van der Waals surface area (Å²) in [5.41, 5.74) is 3.37. The van der Waals surface area contributed by atoms with Crippen LogP contribution in [0.4, 0.5) is 5.69 Å². The fourth-order valence-corrected chi connectivity index (χ4v) is 2.50. The van der Waals surface area contributed by atoms with Crippen LogP contribution in [0.3, 0.4) is 0 Å². The average molecular weight is 245 g/mol. The van der Waals surface area contributed by atoms with Gasteiger partial charge in [0.25, 0.3) is 0 Å². The molecule has 3 rings (SSSR count). The first-order valence-corrected chi connectivity index (χ1v) is 6.54. The average Bonchev–Trinajstić information content (AvgIpc) is 2.87. The van der Waals surface area contributed by atoms with Crippen molar-refractivity contribution in [1.82, 2.24) is 9.97 Å². The van der Waals surface area contributed by atoms with Crippen LogP contribution >= 0.6 is 0 Å². The molecule has 1 saturated heterocycles. The Hall–Kier alpha value is -1.55. The number of ether oxygens (including phenoxy) is 1. The summed E-state index contributed by atoms with van der Waals surface area (Å²) in [7, 11) is 0. The summed E-state index contributed by atoms with van der Waals surface area (Å²) >= 11 is 0.